The van der Waals surface area contributed by atoms with E-state index in [2.05, 4.69) is 6.58 Å². The number of allylic oxidation sites excluding steroid dienone is 1. The second-order valence-electron chi connectivity index (χ2n) is 3.52. The molecule has 3 nitrogen and oxygen atoms in total. The van der Waals surface area contributed by atoms with E-state index in [0.717, 1.165) is 25.1 Å². The van der Waals surface area contributed by atoms with E-state index in [9.17, 15) is 4.79 Å². The minimum Gasteiger partial charge on any atom is -0.336 e. The second-order valence-corrected chi connectivity index (χ2v) is 3.52. The Bertz CT molecular complexity index is 372. The lowest BCUT2D eigenvalue weighted by molar-refractivity contribution is -0.0720. The van der Waals surface area contributed by atoms with Crippen molar-refractivity contribution in [1.82, 2.24) is 5.06 Å². The molecule has 0 aliphatic carbocycles. The first-order valence-electron chi connectivity index (χ1n) is 5.00. The molecule has 1 aromatic carbocycles. The van der Waals surface area contributed by atoms with Gasteiger partial charge in [0.1, 0.15) is 0 Å². The Morgan fingerprint density at radius 3 is 2.67 bits per heavy atom. The van der Waals surface area contributed by atoms with Gasteiger partial charge in [-0.2, -0.15) is 0 Å². The summed E-state index contributed by atoms with van der Waals surface area (Å²) in [6.07, 6.45) is 1.91. The maximum absolute atomic E-state index is 11.6. The van der Waals surface area contributed by atoms with E-state index in [1.165, 1.54) is 0 Å². The lowest BCUT2D eigenvalue weighted by atomic mass is 10.2. The summed E-state index contributed by atoms with van der Waals surface area (Å²) < 4.78 is 0. The predicted molar refractivity (Wildman–Crippen MR) is 56.9 cm³/mol. The summed E-state index contributed by atoms with van der Waals surface area (Å²) in [5.74, 6) is -0.321. The zero-order chi connectivity index (χ0) is 10.7. The Morgan fingerprint density at radius 2 is 2.07 bits per heavy atom. The first-order valence-corrected chi connectivity index (χ1v) is 5.00. The minimum atomic E-state index is -0.321. The van der Waals surface area contributed by atoms with Gasteiger partial charge >= 0.3 is 5.97 Å². The van der Waals surface area contributed by atoms with Gasteiger partial charge in [0.15, 0.2) is 0 Å². The summed E-state index contributed by atoms with van der Waals surface area (Å²) in [5, 5.41) is 1.58. The predicted octanol–water partition coefficient (Wildman–Crippen LogP) is 2.37. The number of carbonyl (C=O) groups is 1. The molecule has 3 heteroatoms. The average Bonchev–Trinajstić information content (AvgIpc) is 2.66. The van der Waals surface area contributed by atoms with Gasteiger partial charge in [0.05, 0.1) is 12.1 Å². The number of hydrogen-bond donors (Lipinski definition) is 0. The van der Waals surface area contributed by atoms with Crippen molar-refractivity contribution in [3.05, 3.63) is 48.2 Å². The number of hydroxylamine groups is 2. The molecular formula is C12H13NO2. The molecule has 0 atom stereocenters. The molecule has 1 saturated heterocycles. The van der Waals surface area contributed by atoms with E-state index < -0.39 is 0 Å². The van der Waals surface area contributed by atoms with E-state index in [-0.39, 0.29) is 5.97 Å². The molecule has 0 spiro atoms. The number of rotatable bonds is 2. The van der Waals surface area contributed by atoms with Gasteiger partial charge in [0.2, 0.25) is 0 Å². The average molecular weight is 203 g/mol. The molecular weight excluding hydrogens is 190 g/mol. The Hall–Kier alpha value is -1.77. The normalized spacial score (nSPS) is 15.5. The molecule has 1 aliphatic heterocycles. The van der Waals surface area contributed by atoms with Crippen molar-refractivity contribution in [3.8, 4) is 0 Å². The molecule has 1 aliphatic rings. The molecule has 1 fully saturated rings. The molecule has 0 radical (unpaired) electrons. The third kappa shape index (κ3) is 2.18. The quantitative estimate of drug-likeness (QED) is 0.739. The van der Waals surface area contributed by atoms with E-state index in [0.29, 0.717) is 5.56 Å². The smallest absolute Gasteiger partial charge is 0.336 e. The maximum atomic E-state index is 11.6. The summed E-state index contributed by atoms with van der Waals surface area (Å²) in [4.78, 5) is 16.8. The molecule has 2 rings (SSSR count). The molecule has 1 aromatic rings. The van der Waals surface area contributed by atoms with Crippen molar-refractivity contribution in [1.29, 1.82) is 0 Å². The van der Waals surface area contributed by atoms with Crippen LogP contribution in [0.1, 0.15) is 23.2 Å². The zero-order valence-corrected chi connectivity index (χ0v) is 8.48. The van der Waals surface area contributed by atoms with Crippen molar-refractivity contribution in [2.45, 2.75) is 12.8 Å². The Kier molecular flexibility index (Phi) is 2.72. The van der Waals surface area contributed by atoms with Crippen molar-refractivity contribution >= 4 is 5.97 Å². The Labute approximate surface area is 88.9 Å². The van der Waals surface area contributed by atoms with E-state index in [4.69, 9.17) is 4.84 Å². The third-order valence-electron chi connectivity index (χ3n) is 2.38. The van der Waals surface area contributed by atoms with Crippen LogP contribution in [0.25, 0.3) is 0 Å². The largest absolute Gasteiger partial charge is 0.363 e. The van der Waals surface area contributed by atoms with Crippen LogP contribution in [-0.2, 0) is 4.84 Å². The Balaban J connectivity index is 2.01. The fourth-order valence-corrected chi connectivity index (χ4v) is 1.55. The minimum absolute atomic E-state index is 0.321. The first kappa shape index (κ1) is 9.77. The first-order chi connectivity index (χ1) is 7.27. The van der Waals surface area contributed by atoms with Crippen LogP contribution in [0.3, 0.4) is 0 Å². The summed E-state index contributed by atoms with van der Waals surface area (Å²) in [6, 6.07) is 8.97. The van der Waals surface area contributed by atoms with Gasteiger partial charge < -0.3 is 4.84 Å². The number of benzene rings is 1. The SMILES string of the molecule is C=C1CCCN1OC(=O)c1ccccc1. The molecule has 0 N–H and O–H groups in total. The third-order valence-corrected chi connectivity index (χ3v) is 2.38. The topological polar surface area (TPSA) is 29.5 Å². The Morgan fingerprint density at radius 1 is 1.33 bits per heavy atom. The van der Waals surface area contributed by atoms with Gasteiger partial charge in [-0.1, -0.05) is 24.8 Å². The summed E-state index contributed by atoms with van der Waals surface area (Å²) >= 11 is 0. The number of hydrogen-bond acceptors (Lipinski definition) is 3. The highest BCUT2D eigenvalue weighted by Crippen LogP contribution is 2.19. The highest BCUT2D eigenvalue weighted by Gasteiger charge is 2.19. The molecule has 0 amide bonds. The molecule has 0 unspecified atom stereocenters. The van der Waals surface area contributed by atoms with E-state index in [1.807, 2.05) is 18.2 Å². The highest BCUT2D eigenvalue weighted by molar-refractivity contribution is 5.89. The van der Waals surface area contributed by atoms with Gasteiger partial charge in [-0.3, -0.25) is 0 Å². The van der Waals surface area contributed by atoms with Crippen LogP contribution in [0.15, 0.2) is 42.6 Å². The van der Waals surface area contributed by atoms with Crippen LogP contribution >= 0.6 is 0 Å². The molecule has 0 bridgehead atoms. The molecule has 1 heterocycles. The lowest BCUT2D eigenvalue weighted by Gasteiger charge is -2.17. The van der Waals surface area contributed by atoms with Crippen LogP contribution in [0, 0.1) is 0 Å². The maximum Gasteiger partial charge on any atom is 0.363 e. The lowest BCUT2D eigenvalue weighted by Crippen LogP contribution is -2.22. The van der Waals surface area contributed by atoms with Gasteiger partial charge in [-0.15, -0.1) is 0 Å². The standard InChI is InChI=1S/C12H13NO2/c1-10-6-5-9-13(10)15-12(14)11-7-3-2-4-8-11/h2-4,7-8H,1,5-6,9H2. The number of nitrogens with zero attached hydrogens (tertiary/aromatic N) is 1. The van der Waals surface area contributed by atoms with Gasteiger partial charge in [0, 0.05) is 5.70 Å². The summed E-state index contributed by atoms with van der Waals surface area (Å²) in [5.41, 5.74) is 1.44. The summed E-state index contributed by atoms with van der Waals surface area (Å²) in [7, 11) is 0. The van der Waals surface area contributed by atoms with E-state index >= 15 is 0 Å². The van der Waals surface area contributed by atoms with Crippen molar-refractivity contribution in [2.24, 2.45) is 0 Å². The fraction of sp³-hybridized carbons (Fsp3) is 0.250. The van der Waals surface area contributed by atoms with Crippen LogP contribution in [0.4, 0.5) is 0 Å². The van der Waals surface area contributed by atoms with Crippen LogP contribution in [0.5, 0.6) is 0 Å². The number of carbonyl (C=O) groups excluding carboxylic acids is 1. The van der Waals surface area contributed by atoms with Crippen molar-refractivity contribution in [3.63, 3.8) is 0 Å². The van der Waals surface area contributed by atoms with Crippen molar-refractivity contribution in [2.75, 3.05) is 6.54 Å². The second kappa shape index (κ2) is 4.17. The van der Waals surface area contributed by atoms with E-state index in [1.54, 1.807) is 17.2 Å². The van der Waals surface area contributed by atoms with Gasteiger partial charge in [0.25, 0.3) is 0 Å². The molecule has 0 aromatic heterocycles. The van der Waals surface area contributed by atoms with Crippen LogP contribution in [-0.4, -0.2) is 17.6 Å². The molecule has 15 heavy (non-hydrogen) atoms. The fourth-order valence-electron chi connectivity index (χ4n) is 1.55. The summed E-state index contributed by atoms with van der Waals surface area (Å²) in [6.45, 7) is 4.58. The highest BCUT2D eigenvalue weighted by atomic mass is 16.7. The van der Waals surface area contributed by atoms with Gasteiger partial charge in [-0.05, 0) is 25.0 Å². The zero-order valence-electron chi connectivity index (χ0n) is 8.48. The molecule has 0 saturated carbocycles. The monoisotopic (exact) mass is 203 g/mol. The van der Waals surface area contributed by atoms with Crippen LogP contribution in [0.2, 0.25) is 0 Å². The molecule has 78 valence electrons. The van der Waals surface area contributed by atoms with Crippen LogP contribution < -0.4 is 0 Å². The van der Waals surface area contributed by atoms with Gasteiger partial charge in [-0.25, -0.2) is 9.86 Å². The van der Waals surface area contributed by atoms with Crippen molar-refractivity contribution < 1.29 is 9.63 Å².